The first kappa shape index (κ1) is 14.3. The smallest absolute Gasteiger partial charge is 0.265 e. The highest BCUT2D eigenvalue weighted by atomic mass is 16.6. The van der Waals surface area contributed by atoms with Crippen LogP contribution in [0.3, 0.4) is 0 Å². The van der Waals surface area contributed by atoms with Crippen molar-refractivity contribution in [2.45, 2.75) is 6.92 Å². The van der Waals surface area contributed by atoms with Crippen molar-refractivity contribution in [3.8, 4) is 0 Å². The number of aromatic nitrogens is 2. The topological polar surface area (TPSA) is 110 Å². The molecular weight excluding hydrogens is 274 g/mol. The second-order valence-corrected chi connectivity index (χ2v) is 4.03. The standard InChI is InChI=1S/C13H11N5O3/c1-9(10-2-4-11(5-3-10)18(20)21)16-17-13(19)12-8-14-6-7-15-12/h2-8H,1H3,(H,17,19). The van der Waals surface area contributed by atoms with Crippen LogP contribution in [0.2, 0.25) is 0 Å². The first-order valence-electron chi connectivity index (χ1n) is 5.93. The van der Waals surface area contributed by atoms with Crippen molar-refractivity contribution in [2.24, 2.45) is 5.10 Å². The Bertz CT molecular complexity index is 683. The summed E-state index contributed by atoms with van der Waals surface area (Å²) < 4.78 is 0. The third-order valence-electron chi connectivity index (χ3n) is 2.62. The Morgan fingerprint density at radius 1 is 1.29 bits per heavy atom. The Kier molecular flexibility index (Phi) is 4.30. The minimum absolute atomic E-state index is 0.00449. The Morgan fingerprint density at radius 3 is 2.57 bits per heavy atom. The van der Waals surface area contributed by atoms with Gasteiger partial charge in [-0.3, -0.25) is 19.9 Å². The number of benzene rings is 1. The molecule has 8 nitrogen and oxygen atoms in total. The molecule has 0 aliphatic rings. The van der Waals surface area contributed by atoms with E-state index < -0.39 is 10.8 Å². The van der Waals surface area contributed by atoms with E-state index in [2.05, 4.69) is 20.5 Å². The fraction of sp³-hybridized carbons (Fsp3) is 0.0769. The van der Waals surface area contributed by atoms with E-state index in [0.29, 0.717) is 11.3 Å². The summed E-state index contributed by atoms with van der Waals surface area (Å²) in [5.41, 5.74) is 3.68. The number of amides is 1. The molecule has 0 aliphatic heterocycles. The van der Waals surface area contributed by atoms with Gasteiger partial charge in [0, 0.05) is 24.5 Å². The molecule has 0 radical (unpaired) electrons. The molecule has 0 unspecified atom stereocenters. The van der Waals surface area contributed by atoms with E-state index in [0.717, 1.165) is 0 Å². The van der Waals surface area contributed by atoms with E-state index in [1.54, 1.807) is 19.1 Å². The lowest BCUT2D eigenvalue weighted by Gasteiger charge is -2.02. The van der Waals surface area contributed by atoms with E-state index >= 15 is 0 Å². The zero-order valence-corrected chi connectivity index (χ0v) is 11.1. The van der Waals surface area contributed by atoms with Gasteiger partial charge in [-0.05, 0) is 24.6 Å². The predicted molar refractivity (Wildman–Crippen MR) is 74.8 cm³/mol. The van der Waals surface area contributed by atoms with Crippen LogP contribution in [0.5, 0.6) is 0 Å². The normalized spacial score (nSPS) is 11.0. The van der Waals surface area contributed by atoms with Gasteiger partial charge in [0.2, 0.25) is 0 Å². The number of nitro groups is 1. The number of nitrogens with zero attached hydrogens (tertiary/aromatic N) is 4. The third kappa shape index (κ3) is 3.66. The Balaban J connectivity index is 2.07. The molecule has 1 N–H and O–H groups in total. The van der Waals surface area contributed by atoms with Crippen molar-refractivity contribution in [2.75, 3.05) is 0 Å². The van der Waals surface area contributed by atoms with Gasteiger partial charge in [-0.1, -0.05) is 0 Å². The van der Waals surface area contributed by atoms with E-state index in [1.165, 1.54) is 30.7 Å². The highest BCUT2D eigenvalue weighted by Gasteiger charge is 2.07. The van der Waals surface area contributed by atoms with E-state index in [4.69, 9.17) is 0 Å². The molecule has 8 heteroatoms. The summed E-state index contributed by atoms with van der Waals surface area (Å²) in [6.45, 7) is 1.68. The average Bonchev–Trinajstić information content (AvgIpc) is 2.53. The van der Waals surface area contributed by atoms with Crippen LogP contribution < -0.4 is 5.43 Å². The van der Waals surface area contributed by atoms with Gasteiger partial charge in [-0.2, -0.15) is 5.10 Å². The first-order chi connectivity index (χ1) is 10.1. The first-order valence-corrected chi connectivity index (χ1v) is 5.93. The lowest BCUT2D eigenvalue weighted by Crippen LogP contribution is -2.20. The van der Waals surface area contributed by atoms with E-state index in [1.807, 2.05) is 0 Å². The molecule has 1 aromatic carbocycles. The molecule has 21 heavy (non-hydrogen) atoms. The van der Waals surface area contributed by atoms with Crippen LogP contribution in [-0.2, 0) is 0 Å². The summed E-state index contributed by atoms with van der Waals surface area (Å²) in [6.07, 6.45) is 4.19. The third-order valence-corrected chi connectivity index (χ3v) is 2.62. The molecule has 0 aliphatic carbocycles. The number of rotatable bonds is 4. The Labute approximate surface area is 119 Å². The van der Waals surface area contributed by atoms with Gasteiger partial charge in [0.1, 0.15) is 5.69 Å². The second kappa shape index (κ2) is 6.33. The molecule has 106 valence electrons. The summed E-state index contributed by atoms with van der Waals surface area (Å²) >= 11 is 0. The molecular formula is C13H11N5O3. The summed E-state index contributed by atoms with van der Waals surface area (Å²) in [6, 6.07) is 5.87. The number of carbonyl (C=O) groups is 1. The van der Waals surface area contributed by atoms with Gasteiger partial charge < -0.3 is 0 Å². The maximum absolute atomic E-state index is 11.7. The van der Waals surface area contributed by atoms with Gasteiger partial charge in [0.05, 0.1) is 16.8 Å². The molecule has 2 rings (SSSR count). The molecule has 0 spiro atoms. The van der Waals surface area contributed by atoms with Crippen LogP contribution in [0.4, 0.5) is 5.69 Å². The number of hydrogen-bond acceptors (Lipinski definition) is 6. The molecule has 0 atom stereocenters. The molecule has 0 saturated carbocycles. The number of nitro benzene ring substituents is 1. The van der Waals surface area contributed by atoms with Crippen LogP contribution >= 0.6 is 0 Å². The summed E-state index contributed by atoms with van der Waals surface area (Å²) in [5, 5.41) is 14.5. The second-order valence-electron chi connectivity index (χ2n) is 4.03. The zero-order valence-electron chi connectivity index (χ0n) is 11.1. The summed E-state index contributed by atoms with van der Waals surface area (Å²) in [5.74, 6) is -0.482. The van der Waals surface area contributed by atoms with Gasteiger partial charge in [0.15, 0.2) is 0 Å². The van der Waals surface area contributed by atoms with Gasteiger partial charge in [-0.25, -0.2) is 10.4 Å². The summed E-state index contributed by atoms with van der Waals surface area (Å²) in [4.78, 5) is 29.4. The fourth-order valence-corrected chi connectivity index (χ4v) is 1.50. The van der Waals surface area contributed by atoms with Gasteiger partial charge >= 0.3 is 0 Å². The molecule has 1 aromatic heterocycles. The number of non-ortho nitro benzene ring substituents is 1. The molecule has 1 amide bonds. The molecule has 0 bridgehead atoms. The van der Waals surface area contributed by atoms with E-state index in [9.17, 15) is 14.9 Å². The highest BCUT2D eigenvalue weighted by molar-refractivity contribution is 6.00. The molecule has 0 saturated heterocycles. The van der Waals surface area contributed by atoms with Crippen LogP contribution in [0.15, 0.2) is 48.0 Å². The van der Waals surface area contributed by atoms with Crippen molar-refractivity contribution >= 4 is 17.3 Å². The van der Waals surface area contributed by atoms with Crippen LogP contribution in [-0.4, -0.2) is 26.5 Å². The van der Waals surface area contributed by atoms with Crippen molar-refractivity contribution in [3.05, 3.63) is 64.2 Å². The Hall–Kier alpha value is -3.16. The highest BCUT2D eigenvalue weighted by Crippen LogP contribution is 2.12. The van der Waals surface area contributed by atoms with Crippen LogP contribution in [0.1, 0.15) is 23.0 Å². The minimum Gasteiger partial charge on any atom is -0.265 e. The Morgan fingerprint density at radius 2 is 2.00 bits per heavy atom. The number of hydrogen-bond donors (Lipinski definition) is 1. The molecule has 0 fully saturated rings. The van der Waals surface area contributed by atoms with Crippen molar-refractivity contribution in [1.82, 2.24) is 15.4 Å². The largest absolute Gasteiger partial charge is 0.291 e. The van der Waals surface area contributed by atoms with Crippen molar-refractivity contribution in [1.29, 1.82) is 0 Å². The minimum atomic E-state index is -0.482. The van der Waals surface area contributed by atoms with Crippen molar-refractivity contribution < 1.29 is 9.72 Å². The molecule has 2 aromatic rings. The average molecular weight is 285 g/mol. The maximum atomic E-state index is 11.7. The molecule has 1 heterocycles. The number of nitrogens with one attached hydrogen (secondary N) is 1. The van der Waals surface area contributed by atoms with E-state index in [-0.39, 0.29) is 11.4 Å². The maximum Gasteiger partial charge on any atom is 0.291 e. The monoisotopic (exact) mass is 285 g/mol. The fourth-order valence-electron chi connectivity index (χ4n) is 1.50. The lowest BCUT2D eigenvalue weighted by molar-refractivity contribution is -0.384. The number of hydrazone groups is 1. The number of carbonyl (C=O) groups excluding carboxylic acids is 1. The quantitative estimate of drug-likeness (QED) is 0.520. The zero-order chi connectivity index (χ0) is 15.2. The van der Waals surface area contributed by atoms with Crippen molar-refractivity contribution in [3.63, 3.8) is 0 Å². The van der Waals surface area contributed by atoms with Crippen LogP contribution in [0.25, 0.3) is 0 Å². The van der Waals surface area contributed by atoms with Crippen LogP contribution in [0, 0.1) is 10.1 Å². The lowest BCUT2D eigenvalue weighted by atomic mass is 10.1. The predicted octanol–water partition coefficient (Wildman–Crippen LogP) is 1.54. The van der Waals surface area contributed by atoms with Gasteiger partial charge in [-0.15, -0.1) is 0 Å². The SMILES string of the molecule is CC(=NNC(=O)c1cnccn1)c1ccc([N+](=O)[O-])cc1. The summed E-state index contributed by atoms with van der Waals surface area (Å²) in [7, 11) is 0. The van der Waals surface area contributed by atoms with Gasteiger partial charge in [0.25, 0.3) is 11.6 Å².